The first-order valence-corrected chi connectivity index (χ1v) is 8.96. The normalized spacial score (nSPS) is 12.1. The van der Waals surface area contributed by atoms with Crippen LogP contribution in [-0.4, -0.2) is 39.0 Å². The fourth-order valence-electron chi connectivity index (χ4n) is 3.12. The van der Waals surface area contributed by atoms with Gasteiger partial charge in [-0.25, -0.2) is 4.98 Å². The highest BCUT2D eigenvalue weighted by molar-refractivity contribution is 5.85. The minimum atomic E-state index is -0.297. The topological polar surface area (TPSA) is 96.0 Å². The van der Waals surface area contributed by atoms with Crippen LogP contribution in [0.1, 0.15) is 17.3 Å². The third kappa shape index (κ3) is 3.52. The smallest absolute Gasteiger partial charge is 0.145 e. The predicted molar refractivity (Wildman–Crippen MR) is 108 cm³/mol. The van der Waals surface area contributed by atoms with Crippen molar-refractivity contribution in [1.82, 2.24) is 20.2 Å². The van der Waals surface area contributed by atoms with Gasteiger partial charge in [0.2, 0.25) is 0 Å². The number of aromatic amines is 1. The van der Waals surface area contributed by atoms with Gasteiger partial charge in [0.15, 0.2) is 0 Å². The first-order chi connectivity index (χ1) is 13.7. The van der Waals surface area contributed by atoms with Crippen molar-refractivity contribution in [2.45, 2.75) is 13.0 Å². The fourth-order valence-corrected chi connectivity index (χ4v) is 3.12. The Morgan fingerprint density at radius 1 is 1.14 bits per heavy atom. The van der Waals surface area contributed by atoms with Gasteiger partial charge in [-0.05, 0) is 36.8 Å². The second-order valence-electron chi connectivity index (χ2n) is 6.52. The van der Waals surface area contributed by atoms with Crippen LogP contribution in [0.5, 0.6) is 5.75 Å². The molecular weight excluding hydrogens is 354 g/mol. The zero-order valence-electron chi connectivity index (χ0n) is 15.7. The predicted octanol–water partition coefficient (Wildman–Crippen LogP) is 3.48. The number of anilines is 1. The Kier molecular flexibility index (Phi) is 4.90. The van der Waals surface area contributed by atoms with E-state index in [1.54, 1.807) is 19.5 Å². The number of aliphatic hydroxyl groups is 1. The molecule has 0 amide bonds. The third-order valence-electron chi connectivity index (χ3n) is 4.70. The van der Waals surface area contributed by atoms with Crippen LogP contribution in [0.3, 0.4) is 0 Å². The molecule has 0 fully saturated rings. The minimum Gasteiger partial charge on any atom is -0.497 e. The summed E-state index contributed by atoms with van der Waals surface area (Å²) in [6, 6.07) is 13.3. The number of aromatic nitrogens is 4. The van der Waals surface area contributed by atoms with E-state index in [2.05, 4.69) is 31.5 Å². The molecule has 4 aromatic rings. The van der Waals surface area contributed by atoms with Crippen LogP contribution in [0.15, 0.2) is 54.9 Å². The number of aryl methyl sites for hydroxylation is 1. The first kappa shape index (κ1) is 17.9. The van der Waals surface area contributed by atoms with E-state index in [1.165, 1.54) is 0 Å². The SMILES string of the molecule is COc1ccc([C@H](CO)Nc2cncc(-c3ccc4n[nH]c(C)c4c3)n2)cc1. The summed E-state index contributed by atoms with van der Waals surface area (Å²) >= 11 is 0. The largest absolute Gasteiger partial charge is 0.497 e. The molecule has 0 bridgehead atoms. The van der Waals surface area contributed by atoms with Gasteiger partial charge in [-0.1, -0.05) is 18.2 Å². The van der Waals surface area contributed by atoms with Crippen molar-refractivity contribution in [3.8, 4) is 17.0 Å². The first-order valence-electron chi connectivity index (χ1n) is 8.96. The Balaban J connectivity index is 1.60. The lowest BCUT2D eigenvalue weighted by Crippen LogP contribution is -2.16. The van der Waals surface area contributed by atoms with Gasteiger partial charge >= 0.3 is 0 Å². The summed E-state index contributed by atoms with van der Waals surface area (Å²) in [7, 11) is 1.63. The van der Waals surface area contributed by atoms with E-state index in [4.69, 9.17) is 4.74 Å². The van der Waals surface area contributed by atoms with Gasteiger partial charge in [-0.15, -0.1) is 0 Å². The van der Waals surface area contributed by atoms with Crippen molar-refractivity contribution in [3.63, 3.8) is 0 Å². The van der Waals surface area contributed by atoms with Gasteiger partial charge in [0.05, 0.1) is 43.4 Å². The van der Waals surface area contributed by atoms with E-state index >= 15 is 0 Å². The number of nitrogens with zero attached hydrogens (tertiary/aromatic N) is 3. The molecule has 0 aliphatic carbocycles. The molecule has 1 atom stereocenters. The summed E-state index contributed by atoms with van der Waals surface area (Å²) in [5, 5.41) is 21.4. The van der Waals surface area contributed by atoms with Crippen LogP contribution < -0.4 is 10.1 Å². The average Bonchev–Trinajstić information content (AvgIpc) is 3.12. The lowest BCUT2D eigenvalue weighted by atomic mass is 10.1. The molecule has 28 heavy (non-hydrogen) atoms. The Morgan fingerprint density at radius 3 is 2.71 bits per heavy atom. The maximum atomic E-state index is 9.83. The Hall–Kier alpha value is -3.45. The van der Waals surface area contributed by atoms with Gasteiger partial charge < -0.3 is 15.2 Å². The molecule has 142 valence electrons. The molecule has 0 aliphatic rings. The number of hydrogen-bond acceptors (Lipinski definition) is 6. The monoisotopic (exact) mass is 375 g/mol. The Bertz CT molecular complexity index is 1090. The molecule has 3 N–H and O–H groups in total. The molecule has 0 aliphatic heterocycles. The molecule has 2 aromatic carbocycles. The molecule has 0 spiro atoms. The van der Waals surface area contributed by atoms with Crippen LogP contribution in [0.4, 0.5) is 5.82 Å². The van der Waals surface area contributed by atoms with Gasteiger partial charge in [-0.2, -0.15) is 5.10 Å². The highest BCUT2D eigenvalue weighted by Gasteiger charge is 2.13. The molecule has 4 rings (SSSR count). The maximum absolute atomic E-state index is 9.83. The summed E-state index contributed by atoms with van der Waals surface area (Å²) in [4.78, 5) is 8.98. The van der Waals surface area contributed by atoms with E-state index in [0.29, 0.717) is 5.82 Å². The van der Waals surface area contributed by atoms with Crippen LogP contribution in [0.25, 0.3) is 22.2 Å². The molecule has 2 heterocycles. The number of nitrogens with one attached hydrogen (secondary N) is 2. The number of ether oxygens (including phenoxy) is 1. The van der Waals surface area contributed by atoms with Gasteiger partial charge in [0.25, 0.3) is 0 Å². The molecule has 2 aromatic heterocycles. The summed E-state index contributed by atoms with van der Waals surface area (Å²) < 4.78 is 5.19. The van der Waals surface area contributed by atoms with Crippen LogP contribution in [0.2, 0.25) is 0 Å². The standard InChI is InChI=1S/C21H21N5O2/c1-13-17-9-15(5-8-18(17)26-25-13)19-10-22-11-21(23-19)24-20(12-27)14-3-6-16(28-2)7-4-14/h3-11,20,27H,12H2,1-2H3,(H,23,24)(H,25,26)/t20-/m0/s1. The number of methoxy groups -OCH3 is 1. The summed E-state index contributed by atoms with van der Waals surface area (Å²) in [5.41, 5.74) is 4.57. The molecule has 7 nitrogen and oxygen atoms in total. The summed E-state index contributed by atoms with van der Waals surface area (Å²) in [5.74, 6) is 1.36. The van der Waals surface area contributed by atoms with Gasteiger partial charge in [0, 0.05) is 16.6 Å². The van der Waals surface area contributed by atoms with Crippen molar-refractivity contribution in [2.75, 3.05) is 19.0 Å². The number of aliphatic hydroxyl groups excluding tert-OH is 1. The lowest BCUT2D eigenvalue weighted by Gasteiger charge is -2.18. The van der Waals surface area contributed by atoms with Crippen molar-refractivity contribution in [3.05, 3.63) is 66.1 Å². The fraction of sp³-hybridized carbons (Fsp3) is 0.190. The number of hydrogen-bond donors (Lipinski definition) is 3. The summed E-state index contributed by atoms with van der Waals surface area (Å²) in [6.07, 6.45) is 3.38. The quantitative estimate of drug-likeness (QED) is 0.477. The van der Waals surface area contributed by atoms with Crippen molar-refractivity contribution in [2.24, 2.45) is 0 Å². The molecule has 7 heteroatoms. The number of H-pyrrole nitrogens is 1. The molecular formula is C21H21N5O2. The van der Waals surface area contributed by atoms with E-state index in [9.17, 15) is 5.11 Å². The lowest BCUT2D eigenvalue weighted by molar-refractivity contribution is 0.276. The molecule has 0 radical (unpaired) electrons. The zero-order valence-corrected chi connectivity index (χ0v) is 15.7. The zero-order chi connectivity index (χ0) is 19.5. The van der Waals surface area contributed by atoms with E-state index < -0.39 is 0 Å². The van der Waals surface area contributed by atoms with Crippen molar-refractivity contribution < 1.29 is 9.84 Å². The second-order valence-corrected chi connectivity index (χ2v) is 6.52. The van der Waals surface area contributed by atoms with Crippen molar-refractivity contribution in [1.29, 1.82) is 0 Å². The van der Waals surface area contributed by atoms with E-state index in [0.717, 1.165) is 39.2 Å². The Morgan fingerprint density at radius 2 is 1.96 bits per heavy atom. The number of rotatable bonds is 6. The molecule has 0 unspecified atom stereocenters. The van der Waals surface area contributed by atoms with Crippen molar-refractivity contribution >= 4 is 16.7 Å². The van der Waals surface area contributed by atoms with Crippen LogP contribution >= 0.6 is 0 Å². The average molecular weight is 375 g/mol. The van der Waals surface area contributed by atoms with E-state index in [-0.39, 0.29) is 12.6 Å². The number of benzene rings is 2. The second kappa shape index (κ2) is 7.66. The maximum Gasteiger partial charge on any atom is 0.145 e. The minimum absolute atomic E-state index is 0.0710. The van der Waals surface area contributed by atoms with Crippen LogP contribution in [-0.2, 0) is 0 Å². The van der Waals surface area contributed by atoms with E-state index in [1.807, 2.05) is 43.3 Å². The summed E-state index contributed by atoms with van der Waals surface area (Å²) in [6.45, 7) is 1.92. The van der Waals surface area contributed by atoms with Gasteiger partial charge in [-0.3, -0.25) is 10.1 Å². The highest BCUT2D eigenvalue weighted by atomic mass is 16.5. The highest BCUT2D eigenvalue weighted by Crippen LogP contribution is 2.25. The third-order valence-corrected chi connectivity index (χ3v) is 4.70. The Labute approximate surface area is 162 Å². The van der Waals surface area contributed by atoms with Crippen LogP contribution in [0, 0.1) is 6.92 Å². The van der Waals surface area contributed by atoms with Gasteiger partial charge in [0.1, 0.15) is 11.6 Å². The molecule has 0 saturated heterocycles. The molecule has 0 saturated carbocycles. The number of fused-ring (bicyclic) bond motifs is 1.